The summed E-state index contributed by atoms with van der Waals surface area (Å²) in [5.74, 6) is -0.932. The minimum absolute atomic E-state index is 0.0181. The van der Waals surface area contributed by atoms with Gasteiger partial charge in [-0.3, -0.25) is 9.59 Å². The van der Waals surface area contributed by atoms with Crippen molar-refractivity contribution in [3.8, 4) is 11.8 Å². The maximum Gasteiger partial charge on any atom is 0.254 e. The summed E-state index contributed by atoms with van der Waals surface area (Å²) in [6.45, 7) is 3.63. The Hall–Kier alpha value is -3.90. The number of nitrogens with zero attached hydrogens (tertiary/aromatic N) is 1. The highest BCUT2D eigenvalue weighted by molar-refractivity contribution is 8.03. The van der Waals surface area contributed by atoms with Crippen LogP contribution in [0.2, 0.25) is 10.0 Å². The lowest BCUT2D eigenvalue weighted by Gasteiger charge is -2.30. The molecule has 1 heterocycles. The smallest absolute Gasteiger partial charge is 0.254 e. The number of hydrogen-bond donors (Lipinski definition) is 3. The summed E-state index contributed by atoms with van der Waals surface area (Å²) in [5.41, 5.74) is 3.71. The van der Waals surface area contributed by atoms with E-state index >= 15 is 0 Å². The van der Waals surface area contributed by atoms with Crippen molar-refractivity contribution >= 4 is 58.2 Å². The number of nitrogens with one attached hydrogen (secondary N) is 3. The van der Waals surface area contributed by atoms with Crippen molar-refractivity contribution < 1.29 is 14.3 Å². The van der Waals surface area contributed by atoms with Crippen molar-refractivity contribution in [2.45, 2.75) is 19.8 Å². The zero-order valence-corrected chi connectivity index (χ0v) is 24.3. The molecule has 1 aliphatic heterocycles. The number of thioether (sulfide) groups is 1. The van der Waals surface area contributed by atoms with Crippen LogP contribution in [0, 0.1) is 18.3 Å². The summed E-state index contributed by atoms with van der Waals surface area (Å²) in [4.78, 5) is 26.5. The maximum absolute atomic E-state index is 13.7. The number of carbonyl (C=O) groups is 2. The third-order valence-corrected chi connectivity index (χ3v) is 8.04. The van der Waals surface area contributed by atoms with E-state index in [0.717, 1.165) is 5.56 Å². The van der Waals surface area contributed by atoms with Gasteiger partial charge in [-0.15, -0.1) is 0 Å². The zero-order chi connectivity index (χ0) is 28.8. The van der Waals surface area contributed by atoms with Crippen LogP contribution in [-0.2, 0) is 9.59 Å². The maximum atomic E-state index is 13.7. The van der Waals surface area contributed by atoms with E-state index in [1.807, 2.05) is 13.0 Å². The predicted octanol–water partition coefficient (Wildman–Crippen LogP) is 7.02. The number of rotatable bonds is 8. The van der Waals surface area contributed by atoms with Crippen LogP contribution in [0.15, 0.2) is 88.6 Å². The van der Waals surface area contributed by atoms with E-state index in [1.165, 1.54) is 18.9 Å². The van der Waals surface area contributed by atoms with E-state index < -0.39 is 11.8 Å². The van der Waals surface area contributed by atoms with E-state index in [-0.39, 0.29) is 17.2 Å². The third-order valence-electron chi connectivity index (χ3n) is 6.27. The van der Waals surface area contributed by atoms with Crippen LogP contribution in [0.4, 0.5) is 11.4 Å². The Morgan fingerprint density at radius 2 is 1.75 bits per heavy atom. The topological polar surface area (TPSA) is 103 Å². The molecule has 0 aliphatic carbocycles. The summed E-state index contributed by atoms with van der Waals surface area (Å²) >= 11 is 13.9. The van der Waals surface area contributed by atoms with Crippen LogP contribution in [0.25, 0.3) is 0 Å². The minimum Gasteiger partial charge on any atom is -0.495 e. The third kappa shape index (κ3) is 6.45. The zero-order valence-electron chi connectivity index (χ0n) is 22.0. The van der Waals surface area contributed by atoms with Crippen molar-refractivity contribution in [2.75, 3.05) is 23.5 Å². The van der Waals surface area contributed by atoms with Gasteiger partial charge in [0.05, 0.1) is 41.1 Å². The van der Waals surface area contributed by atoms with E-state index in [2.05, 4.69) is 22.0 Å². The number of dihydropyridines is 1. The summed E-state index contributed by atoms with van der Waals surface area (Å²) in [5, 5.41) is 20.7. The Labute approximate surface area is 247 Å². The van der Waals surface area contributed by atoms with E-state index in [9.17, 15) is 14.9 Å². The molecule has 204 valence electrons. The number of aryl methyl sites for hydroxylation is 1. The van der Waals surface area contributed by atoms with Crippen molar-refractivity contribution in [2.24, 2.45) is 0 Å². The standard InChI is InChI=1S/C30H26Cl2N4O3S/c1-17-12-13-19(14-23(17)32)35-26(37)16-40-30-21(15-33)28(20-8-4-5-9-22(20)31)27(18(2)34-30)29(38)36-24-10-6-7-11-25(24)39-3/h4-14,28,34H,16H2,1-3H3,(H,35,37)(H,36,38)/t28-/m0/s1. The molecule has 0 fully saturated rings. The van der Waals surface area contributed by atoms with Gasteiger partial charge in [-0.2, -0.15) is 5.26 Å². The molecule has 0 saturated carbocycles. The highest BCUT2D eigenvalue weighted by Crippen LogP contribution is 2.43. The van der Waals surface area contributed by atoms with Gasteiger partial charge in [0.2, 0.25) is 5.91 Å². The van der Waals surface area contributed by atoms with Crippen LogP contribution in [0.5, 0.6) is 5.75 Å². The molecule has 1 atom stereocenters. The van der Waals surface area contributed by atoms with Gasteiger partial charge in [0.1, 0.15) is 5.75 Å². The van der Waals surface area contributed by atoms with Gasteiger partial charge in [-0.05, 0) is 55.3 Å². The molecule has 0 aromatic heterocycles. The van der Waals surface area contributed by atoms with Gasteiger partial charge < -0.3 is 20.7 Å². The van der Waals surface area contributed by atoms with Crippen molar-refractivity contribution in [3.05, 3.63) is 110 Å². The lowest BCUT2D eigenvalue weighted by Crippen LogP contribution is -2.31. The fraction of sp³-hybridized carbons (Fsp3) is 0.167. The molecule has 2 amide bonds. The summed E-state index contributed by atoms with van der Waals surface area (Å²) in [6.07, 6.45) is 0. The second-order valence-corrected chi connectivity index (χ2v) is 10.7. The van der Waals surface area contributed by atoms with E-state index in [0.29, 0.717) is 49.0 Å². The number of halogens is 2. The molecule has 10 heteroatoms. The number of amides is 2. The second kappa shape index (κ2) is 13.0. The number of allylic oxidation sites excluding steroid dienone is 2. The Bertz CT molecular complexity index is 1580. The van der Waals surface area contributed by atoms with Gasteiger partial charge in [0.25, 0.3) is 5.91 Å². The number of benzene rings is 3. The summed E-state index contributed by atoms with van der Waals surface area (Å²) in [7, 11) is 1.52. The molecule has 4 rings (SSSR count). The van der Waals surface area contributed by atoms with Gasteiger partial charge >= 0.3 is 0 Å². The van der Waals surface area contributed by atoms with Crippen LogP contribution >= 0.6 is 35.0 Å². The van der Waals surface area contributed by atoms with E-state index in [1.54, 1.807) is 67.6 Å². The number of carbonyl (C=O) groups excluding carboxylic acids is 2. The molecule has 0 spiro atoms. The molecule has 0 radical (unpaired) electrons. The van der Waals surface area contributed by atoms with Crippen LogP contribution < -0.4 is 20.7 Å². The van der Waals surface area contributed by atoms with Crippen molar-refractivity contribution in [1.29, 1.82) is 5.26 Å². The molecule has 7 nitrogen and oxygen atoms in total. The Kier molecular flexibility index (Phi) is 9.43. The second-order valence-electron chi connectivity index (χ2n) is 8.93. The number of anilines is 2. The average molecular weight is 594 g/mol. The number of para-hydroxylation sites is 2. The molecular formula is C30H26Cl2N4O3S. The van der Waals surface area contributed by atoms with Crippen LogP contribution in [-0.4, -0.2) is 24.7 Å². The van der Waals surface area contributed by atoms with Gasteiger partial charge in [0, 0.05) is 27.0 Å². The Morgan fingerprint density at radius 1 is 1.02 bits per heavy atom. The summed E-state index contributed by atoms with van der Waals surface area (Å²) < 4.78 is 5.38. The Balaban J connectivity index is 1.65. The summed E-state index contributed by atoms with van der Waals surface area (Å²) in [6, 6.07) is 21.7. The first-order valence-corrected chi connectivity index (χ1v) is 14.0. The number of nitriles is 1. The van der Waals surface area contributed by atoms with Gasteiger partial charge in [0.15, 0.2) is 0 Å². The molecule has 1 aliphatic rings. The highest BCUT2D eigenvalue weighted by atomic mass is 35.5. The van der Waals surface area contributed by atoms with Crippen molar-refractivity contribution in [1.82, 2.24) is 5.32 Å². The number of methoxy groups -OCH3 is 1. The molecule has 40 heavy (non-hydrogen) atoms. The Morgan fingerprint density at radius 3 is 2.45 bits per heavy atom. The molecule has 0 bridgehead atoms. The first-order valence-electron chi connectivity index (χ1n) is 12.2. The first kappa shape index (κ1) is 29.1. The molecule has 3 aromatic carbocycles. The fourth-order valence-electron chi connectivity index (χ4n) is 4.29. The quantitative estimate of drug-likeness (QED) is 0.260. The van der Waals surface area contributed by atoms with E-state index in [4.69, 9.17) is 27.9 Å². The van der Waals surface area contributed by atoms with Crippen LogP contribution in [0.3, 0.4) is 0 Å². The lowest BCUT2D eigenvalue weighted by molar-refractivity contribution is -0.114. The number of hydrogen-bond acceptors (Lipinski definition) is 6. The SMILES string of the molecule is COc1ccccc1NC(=O)C1=C(C)NC(SCC(=O)Nc2ccc(C)c(Cl)c2)=C(C#N)[C@@H]1c1ccccc1Cl. The molecular weight excluding hydrogens is 567 g/mol. The van der Waals surface area contributed by atoms with Crippen molar-refractivity contribution in [3.63, 3.8) is 0 Å². The first-order chi connectivity index (χ1) is 19.2. The van der Waals surface area contributed by atoms with Crippen LogP contribution in [0.1, 0.15) is 24.0 Å². The molecule has 0 saturated heterocycles. The predicted molar refractivity (Wildman–Crippen MR) is 162 cm³/mol. The van der Waals surface area contributed by atoms with Gasteiger partial charge in [-0.25, -0.2) is 0 Å². The lowest BCUT2D eigenvalue weighted by atomic mass is 9.82. The minimum atomic E-state index is -0.767. The largest absolute Gasteiger partial charge is 0.495 e. The monoisotopic (exact) mass is 592 g/mol. The normalized spacial score (nSPS) is 14.8. The average Bonchev–Trinajstić information content (AvgIpc) is 2.94. The molecule has 0 unspecified atom stereocenters. The number of ether oxygens (including phenoxy) is 1. The fourth-order valence-corrected chi connectivity index (χ4v) is 5.61. The van der Waals surface area contributed by atoms with Gasteiger partial charge in [-0.1, -0.05) is 71.4 Å². The molecule has 3 N–H and O–H groups in total. The molecule has 3 aromatic rings. The highest BCUT2D eigenvalue weighted by Gasteiger charge is 2.36.